The van der Waals surface area contributed by atoms with Gasteiger partial charge >= 0.3 is 12.1 Å². The maximum atomic E-state index is 12.0. The van der Waals surface area contributed by atoms with E-state index >= 15 is 0 Å². The lowest BCUT2D eigenvalue weighted by Gasteiger charge is -2.12. The molecule has 0 aliphatic heterocycles. The van der Waals surface area contributed by atoms with Crippen LogP contribution in [0.25, 0.3) is 0 Å². The van der Waals surface area contributed by atoms with Crippen molar-refractivity contribution in [2.75, 3.05) is 13.7 Å². The lowest BCUT2D eigenvalue weighted by Crippen LogP contribution is -2.33. The maximum Gasteiger partial charge on any atom is 0.392 e. The van der Waals surface area contributed by atoms with E-state index in [0.717, 1.165) is 0 Å². The first-order valence-electron chi connectivity index (χ1n) is 5.93. The molecule has 0 bridgehead atoms. The number of hydrogen-bond donors (Lipinski definition) is 1. The molecule has 0 aliphatic rings. The molecule has 0 saturated heterocycles. The first-order valence-corrected chi connectivity index (χ1v) is 5.93. The van der Waals surface area contributed by atoms with Crippen molar-refractivity contribution < 1.29 is 27.4 Å². The van der Waals surface area contributed by atoms with Crippen molar-refractivity contribution in [3.63, 3.8) is 0 Å². The lowest BCUT2D eigenvalue weighted by molar-refractivity contribution is -0.142. The highest BCUT2D eigenvalue weighted by Gasteiger charge is 2.26. The van der Waals surface area contributed by atoms with Crippen molar-refractivity contribution in [2.45, 2.75) is 25.1 Å². The van der Waals surface area contributed by atoms with E-state index in [-0.39, 0.29) is 6.42 Å². The Kier molecular flexibility index (Phi) is 5.82. The second-order valence-electron chi connectivity index (χ2n) is 4.19. The van der Waals surface area contributed by atoms with Crippen molar-refractivity contribution in [3.8, 4) is 5.75 Å². The van der Waals surface area contributed by atoms with Crippen LogP contribution in [0.2, 0.25) is 0 Å². The Hall–Kier alpha value is -1.76. The highest BCUT2D eigenvalue weighted by molar-refractivity contribution is 5.75. The van der Waals surface area contributed by atoms with E-state index in [4.69, 9.17) is 10.5 Å². The molecule has 20 heavy (non-hydrogen) atoms. The minimum atomic E-state index is -4.25. The molecular formula is C13H16F3NO3. The molecule has 4 nitrogen and oxygen atoms in total. The zero-order chi connectivity index (χ0) is 15.2. The van der Waals surface area contributed by atoms with Crippen LogP contribution in [0.3, 0.4) is 0 Å². The molecule has 1 unspecified atom stereocenters. The van der Waals surface area contributed by atoms with Crippen LogP contribution in [0.4, 0.5) is 13.2 Å². The van der Waals surface area contributed by atoms with Crippen LogP contribution in [-0.2, 0) is 16.0 Å². The first-order chi connectivity index (χ1) is 9.31. The summed E-state index contributed by atoms with van der Waals surface area (Å²) in [6, 6.07) is 5.62. The minimum absolute atomic E-state index is 0.225. The van der Waals surface area contributed by atoms with Gasteiger partial charge in [0.15, 0.2) is 0 Å². The molecular weight excluding hydrogens is 275 g/mol. The van der Waals surface area contributed by atoms with Gasteiger partial charge in [-0.05, 0) is 24.1 Å². The fourth-order valence-electron chi connectivity index (χ4n) is 1.54. The van der Waals surface area contributed by atoms with Gasteiger partial charge in [0, 0.05) is 0 Å². The fourth-order valence-corrected chi connectivity index (χ4v) is 1.54. The molecule has 1 aromatic rings. The summed E-state index contributed by atoms with van der Waals surface area (Å²) in [5.74, 6) is -0.239. The van der Waals surface area contributed by atoms with Crippen molar-refractivity contribution in [2.24, 2.45) is 5.73 Å². The summed E-state index contributed by atoms with van der Waals surface area (Å²) in [5.41, 5.74) is 6.29. The van der Waals surface area contributed by atoms with Gasteiger partial charge < -0.3 is 15.2 Å². The number of carbonyl (C=O) groups excluding carboxylic acids is 1. The van der Waals surface area contributed by atoms with E-state index in [0.29, 0.717) is 11.3 Å². The average Bonchev–Trinajstić information content (AvgIpc) is 2.36. The molecule has 7 heteroatoms. The zero-order valence-corrected chi connectivity index (χ0v) is 10.9. The summed E-state index contributed by atoms with van der Waals surface area (Å²) in [5, 5.41) is 0. The van der Waals surface area contributed by atoms with Crippen molar-refractivity contribution >= 4 is 5.97 Å². The lowest BCUT2D eigenvalue weighted by atomic mass is 10.1. The van der Waals surface area contributed by atoms with Crippen LogP contribution in [0.15, 0.2) is 24.3 Å². The van der Waals surface area contributed by atoms with Crippen molar-refractivity contribution in [3.05, 3.63) is 29.8 Å². The molecule has 0 spiro atoms. The summed E-state index contributed by atoms with van der Waals surface area (Å²) in [7, 11) is 1.23. The maximum absolute atomic E-state index is 12.0. The molecule has 2 N–H and O–H groups in total. The number of rotatable bonds is 6. The third-order valence-corrected chi connectivity index (χ3v) is 2.51. The summed E-state index contributed by atoms with van der Waals surface area (Å²) < 4.78 is 45.5. The number of ether oxygens (including phenoxy) is 2. The second-order valence-corrected chi connectivity index (χ2v) is 4.19. The van der Waals surface area contributed by atoms with E-state index < -0.39 is 31.2 Å². The number of halogens is 3. The number of alkyl halides is 3. The Bertz CT molecular complexity index is 449. The Balaban J connectivity index is 2.55. The predicted octanol–water partition coefficient (Wildman–Crippen LogP) is 2.06. The Morgan fingerprint density at radius 1 is 1.40 bits per heavy atom. The van der Waals surface area contributed by atoms with Gasteiger partial charge in [-0.1, -0.05) is 12.1 Å². The predicted molar refractivity (Wildman–Crippen MR) is 66.3 cm³/mol. The number of hydrogen-bond acceptors (Lipinski definition) is 4. The van der Waals surface area contributed by atoms with Crippen LogP contribution in [0.5, 0.6) is 5.75 Å². The summed E-state index contributed by atoms with van der Waals surface area (Å²) >= 11 is 0. The first kappa shape index (κ1) is 16.3. The van der Waals surface area contributed by atoms with Crippen LogP contribution in [0.1, 0.15) is 12.0 Å². The minimum Gasteiger partial charge on any atom is -0.493 e. The summed E-state index contributed by atoms with van der Waals surface area (Å²) in [6.45, 7) is -0.448. The van der Waals surface area contributed by atoms with Gasteiger partial charge in [0.2, 0.25) is 0 Å². The monoisotopic (exact) mass is 291 g/mol. The van der Waals surface area contributed by atoms with Crippen LogP contribution in [0, 0.1) is 0 Å². The Morgan fingerprint density at radius 2 is 2.10 bits per heavy atom. The largest absolute Gasteiger partial charge is 0.493 e. The second kappa shape index (κ2) is 7.14. The molecule has 0 heterocycles. The smallest absolute Gasteiger partial charge is 0.392 e. The quantitative estimate of drug-likeness (QED) is 0.815. The number of carbonyl (C=O) groups is 1. The Labute approximate surface area is 114 Å². The van der Waals surface area contributed by atoms with E-state index in [1.165, 1.54) is 7.11 Å². The third kappa shape index (κ3) is 5.92. The molecule has 0 aliphatic carbocycles. The normalized spacial score (nSPS) is 12.8. The molecule has 1 rings (SSSR count). The SMILES string of the molecule is COC(=O)C(N)Cc1cccc(OCCC(F)(F)F)c1. The van der Waals surface area contributed by atoms with E-state index in [2.05, 4.69) is 4.74 Å². The number of methoxy groups -OCH3 is 1. The molecule has 0 fully saturated rings. The van der Waals surface area contributed by atoms with E-state index in [1.54, 1.807) is 24.3 Å². The zero-order valence-electron chi connectivity index (χ0n) is 10.9. The van der Waals surface area contributed by atoms with Gasteiger partial charge in [0.25, 0.3) is 0 Å². The Morgan fingerprint density at radius 3 is 2.70 bits per heavy atom. The molecule has 1 aromatic carbocycles. The molecule has 1 atom stereocenters. The van der Waals surface area contributed by atoms with Gasteiger partial charge in [0.1, 0.15) is 11.8 Å². The van der Waals surface area contributed by atoms with Gasteiger partial charge in [0.05, 0.1) is 20.1 Å². The van der Waals surface area contributed by atoms with E-state index in [1.807, 2.05) is 0 Å². The highest BCUT2D eigenvalue weighted by Crippen LogP contribution is 2.21. The fraction of sp³-hybridized carbons (Fsp3) is 0.462. The molecule has 0 saturated carbocycles. The highest BCUT2D eigenvalue weighted by atomic mass is 19.4. The molecule has 0 radical (unpaired) electrons. The number of nitrogens with two attached hydrogens (primary N) is 1. The topological polar surface area (TPSA) is 61.5 Å². The number of benzene rings is 1. The van der Waals surface area contributed by atoms with Gasteiger partial charge in [-0.25, -0.2) is 0 Å². The average molecular weight is 291 g/mol. The summed E-state index contributed by atoms with van der Waals surface area (Å²) in [4.78, 5) is 11.2. The van der Waals surface area contributed by atoms with Gasteiger partial charge in [-0.2, -0.15) is 13.2 Å². The van der Waals surface area contributed by atoms with Crippen LogP contribution >= 0.6 is 0 Å². The number of esters is 1. The van der Waals surface area contributed by atoms with Gasteiger partial charge in [-0.3, -0.25) is 4.79 Å². The van der Waals surface area contributed by atoms with Crippen LogP contribution in [-0.4, -0.2) is 31.9 Å². The molecule has 0 aromatic heterocycles. The molecule has 112 valence electrons. The standard InChI is InChI=1S/C13H16F3NO3/c1-19-12(18)11(17)8-9-3-2-4-10(7-9)20-6-5-13(14,15)16/h2-4,7,11H,5-6,8,17H2,1H3. The van der Waals surface area contributed by atoms with Gasteiger partial charge in [-0.15, -0.1) is 0 Å². The van der Waals surface area contributed by atoms with Crippen molar-refractivity contribution in [1.29, 1.82) is 0 Å². The van der Waals surface area contributed by atoms with Crippen LogP contribution < -0.4 is 10.5 Å². The summed E-state index contributed by atoms with van der Waals surface area (Å²) in [6.07, 6.45) is -5.03. The molecule has 0 amide bonds. The van der Waals surface area contributed by atoms with Crippen molar-refractivity contribution in [1.82, 2.24) is 0 Å². The third-order valence-electron chi connectivity index (χ3n) is 2.51. The van der Waals surface area contributed by atoms with E-state index in [9.17, 15) is 18.0 Å².